The minimum atomic E-state index is -0.671. The molecule has 1 amide bonds. The molecule has 1 heterocycles. The predicted octanol–water partition coefficient (Wildman–Crippen LogP) is 2.40. The number of nitrogens with zero attached hydrogens (tertiary/aromatic N) is 2. The maximum atomic E-state index is 13.8. The standard InChI is InChI=1S/C19H16FN3O2/c20-14-7-3-4-8-16(14)23-10-9-15(22-23)19(25)21-18-13-6-2-1-5-12(13)11-17(18)24/h1-10,17-18,24H,11H2,(H,21,25)/t17-,18-/m0/s1. The van der Waals surface area contributed by atoms with Gasteiger partial charge in [-0.15, -0.1) is 0 Å². The molecule has 2 N–H and O–H groups in total. The summed E-state index contributed by atoms with van der Waals surface area (Å²) in [5.74, 6) is -0.825. The van der Waals surface area contributed by atoms with Crippen molar-refractivity contribution in [3.8, 4) is 5.69 Å². The molecule has 3 aromatic rings. The number of para-hydroxylation sites is 1. The highest BCUT2D eigenvalue weighted by Crippen LogP contribution is 2.31. The van der Waals surface area contributed by atoms with E-state index in [2.05, 4.69) is 10.4 Å². The maximum Gasteiger partial charge on any atom is 0.272 e. The summed E-state index contributed by atoms with van der Waals surface area (Å²) >= 11 is 0. The van der Waals surface area contributed by atoms with Crippen LogP contribution in [0.2, 0.25) is 0 Å². The molecule has 1 aliphatic rings. The van der Waals surface area contributed by atoms with Crippen LogP contribution in [0.1, 0.15) is 27.7 Å². The van der Waals surface area contributed by atoms with E-state index in [-0.39, 0.29) is 11.4 Å². The molecular formula is C19H16FN3O2. The van der Waals surface area contributed by atoms with E-state index in [4.69, 9.17) is 0 Å². The van der Waals surface area contributed by atoms with Gasteiger partial charge in [0, 0.05) is 12.6 Å². The van der Waals surface area contributed by atoms with Gasteiger partial charge in [0.05, 0.1) is 12.1 Å². The normalized spacial score (nSPS) is 18.8. The summed E-state index contributed by atoms with van der Waals surface area (Å²) in [5.41, 5.74) is 2.38. The van der Waals surface area contributed by atoms with Crippen molar-refractivity contribution in [2.24, 2.45) is 0 Å². The van der Waals surface area contributed by atoms with Crippen LogP contribution < -0.4 is 5.32 Å². The van der Waals surface area contributed by atoms with E-state index < -0.39 is 23.9 Å². The molecule has 0 unspecified atom stereocenters. The first kappa shape index (κ1) is 15.5. The van der Waals surface area contributed by atoms with E-state index in [9.17, 15) is 14.3 Å². The number of carbonyl (C=O) groups excluding carboxylic acids is 1. The topological polar surface area (TPSA) is 67.2 Å². The molecule has 25 heavy (non-hydrogen) atoms. The van der Waals surface area contributed by atoms with Crippen LogP contribution in [0.4, 0.5) is 4.39 Å². The molecule has 2 atom stereocenters. The molecule has 1 aliphatic carbocycles. The van der Waals surface area contributed by atoms with Crippen LogP contribution in [-0.2, 0) is 6.42 Å². The van der Waals surface area contributed by atoms with Crippen molar-refractivity contribution in [3.05, 3.63) is 83.4 Å². The number of aliphatic hydroxyl groups is 1. The highest BCUT2D eigenvalue weighted by atomic mass is 19.1. The largest absolute Gasteiger partial charge is 0.390 e. The van der Waals surface area contributed by atoms with E-state index in [1.807, 2.05) is 24.3 Å². The lowest BCUT2D eigenvalue weighted by Crippen LogP contribution is -2.34. The van der Waals surface area contributed by atoms with Crippen LogP contribution in [0.25, 0.3) is 5.69 Å². The second-order valence-corrected chi connectivity index (χ2v) is 6.02. The molecule has 4 rings (SSSR count). The van der Waals surface area contributed by atoms with Gasteiger partial charge >= 0.3 is 0 Å². The molecule has 2 aromatic carbocycles. The van der Waals surface area contributed by atoms with E-state index >= 15 is 0 Å². The van der Waals surface area contributed by atoms with Crippen molar-refractivity contribution in [1.29, 1.82) is 0 Å². The molecule has 0 bridgehead atoms. The number of carbonyl (C=O) groups is 1. The van der Waals surface area contributed by atoms with E-state index in [0.29, 0.717) is 6.42 Å². The average Bonchev–Trinajstić information content (AvgIpc) is 3.21. The second-order valence-electron chi connectivity index (χ2n) is 6.02. The number of benzene rings is 2. The Hall–Kier alpha value is -2.99. The Morgan fingerprint density at radius 1 is 1.16 bits per heavy atom. The Balaban J connectivity index is 1.56. The second kappa shape index (κ2) is 6.14. The van der Waals surface area contributed by atoms with Gasteiger partial charge in [0.2, 0.25) is 0 Å². The SMILES string of the molecule is O=C(N[C@H]1c2ccccc2C[C@@H]1O)c1ccn(-c2ccccc2F)n1. The maximum absolute atomic E-state index is 13.8. The first-order valence-corrected chi connectivity index (χ1v) is 8.01. The number of aromatic nitrogens is 2. The number of amides is 1. The molecule has 126 valence electrons. The van der Waals surface area contributed by atoms with Crippen LogP contribution in [0.3, 0.4) is 0 Å². The first-order chi connectivity index (χ1) is 12.1. The number of aliphatic hydroxyl groups excluding tert-OH is 1. The summed E-state index contributed by atoms with van der Waals surface area (Å²) in [7, 11) is 0. The molecule has 5 nitrogen and oxygen atoms in total. The molecule has 0 saturated carbocycles. The smallest absolute Gasteiger partial charge is 0.272 e. The predicted molar refractivity (Wildman–Crippen MR) is 89.9 cm³/mol. The number of hydrogen-bond acceptors (Lipinski definition) is 3. The van der Waals surface area contributed by atoms with E-state index in [0.717, 1.165) is 11.1 Å². The van der Waals surface area contributed by atoms with E-state index in [1.54, 1.807) is 18.2 Å². The number of halogens is 1. The average molecular weight is 337 g/mol. The lowest BCUT2D eigenvalue weighted by molar-refractivity contribution is 0.0853. The minimum absolute atomic E-state index is 0.167. The molecule has 0 spiro atoms. The first-order valence-electron chi connectivity index (χ1n) is 8.01. The lowest BCUT2D eigenvalue weighted by Gasteiger charge is -2.17. The quantitative estimate of drug-likeness (QED) is 0.771. The Morgan fingerprint density at radius 3 is 2.76 bits per heavy atom. The van der Waals surface area contributed by atoms with Crippen molar-refractivity contribution < 1.29 is 14.3 Å². The molecule has 6 heteroatoms. The monoisotopic (exact) mass is 337 g/mol. The minimum Gasteiger partial charge on any atom is -0.390 e. The fourth-order valence-electron chi connectivity index (χ4n) is 3.18. The summed E-state index contributed by atoms with van der Waals surface area (Å²) in [6, 6.07) is 14.9. The molecule has 0 aliphatic heterocycles. The third kappa shape index (κ3) is 2.81. The summed E-state index contributed by atoms with van der Waals surface area (Å²) in [6.45, 7) is 0. The zero-order chi connectivity index (χ0) is 17.4. The summed E-state index contributed by atoms with van der Waals surface area (Å²) in [4.78, 5) is 12.5. The van der Waals surface area contributed by atoms with Crippen LogP contribution in [0, 0.1) is 5.82 Å². The zero-order valence-corrected chi connectivity index (χ0v) is 13.3. The summed E-state index contributed by atoms with van der Waals surface area (Å²) in [6.07, 6.45) is 1.37. The van der Waals surface area contributed by atoms with Crippen LogP contribution in [0.15, 0.2) is 60.8 Å². The van der Waals surface area contributed by atoms with Gasteiger partial charge in [-0.05, 0) is 29.3 Å². The molecule has 0 fully saturated rings. The highest BCUT2D eigenvalue weighted by Gasteiger charge is 2.32. The molecule has 0 saturated heterocycles. The fourth-order valence-corrected chi connectivity index (χ4v) is 3.18. The highest BCUT2D eigenvalue weighted by molar-refractivity contribution is 5.92. The summed E-state index contributed by atoms with van der Waals surface area (Å²) in [5, 5.41) is 17.2. The van der Waals surface area contributed by atoms with Gasteiger partial charge in [0.1, 0.15) is 11.5 Å². The fraction of sp³-hybridized carbons (Fsp3) is 0.158. The van der Waals surface area contributed by atoms with E-state index in [1.165, 1.54) is 23.0 Å². The van der Waals surface area contributed by atoms with Crippen molar-refractivity contribution in [1.82, 2.24) is 15.1 Å². The molecule has 1 aromatic heterocycles. The third-order valence-electron chi connectivity index (χ3n) is 4.41. The van der Waals surface area contributed by atoms with Crippen LogP contribution in [-0.4, -0.2) is 26.9 Å². The molecular weight excluding hydrogens is 321 g/mol. The van der Waals surface area contributed by atoms with Gasteiger partial charge in [-0.25, -0.2) is 9.07 Å². The van der Waals surface area contributed by atoms with Crippen molar-refractivity contribution in [2.75, 3.05) is 0 Å². The van der Waals surface area contributed by atoms with Gasteiger partial charge in [0.15, 0.2) is 5.69 Å². The Bertz CT molecular complexity index is 938. The Morgan fingerprint density at radius 2 is 1.92 bits per heavy atom. The number of nitrogens with one attached hydrogen (secondary N) is 1. The van der Waals surface area contributed by atoms with Crippen LogP contribution >= 0.6 is 0 Å². The van der Waals surface area contributed by atoms with Crippen LogP contribution in [0.5, 0.6) is 0 Å². The number of hydrogen-bond donors (Lipinski definition) is 2. The van der Waals surface area contributed by atoms with Gasteiger partial charge in [-0.2, -0.15) is 5.10 Å². The van der Waals surface area contributed by atoms with Gasteiger partial charge in [0.25, 0.3) is 5.91 Å². The van der Waals surface area contributed by atoms with Gasteiger partial charge in [-0.1, -0.05) is 36.4 Å². The van der Waals surface area contributed by atoms with Crippen molar-refractivity contribution in [2.45, 2.75) is 18.6 Å². The van der Waals surface area contributed by atoms with Crippen molar-refractivity contribution >= 4 is 5.91 Å². The van der Waals surface area contributed by atoms with Crippen molar-refractivity contribution in [3.63, 3.8) is 0 Å². The van der Waals surface area contributed by atoms with Gasteiger partial charge in [-0.3, -0.25) is 4.79 Å². The Kier molecular flexibility index (Phi) is 3.82. The Labute approximate surface area is 143 Å². The number of rotatable bonds is 3. The number of fused-ring (bicyclic) bond motifs is 1. The zero-order valence-electron chi connectivity index (χ0n) is 13.3. The molecule has 0 radical (unpaired) electrons. The lowest BCUT2D eigenvalue weighted by atomic mass is 10.1. The summed E-state index contributed by atoms with van der Waals surface area (Å²) < 4.78 is 15.2. The van der Waals surface area contributed by atoms with Gasteiger partial charge < -0.3 is 10.4 Å². The third-order valence-corrected chi connectivity index (χ3v) is 4.41.